The molecule has 88 valence electrons. The van der Waals surface area contributed by atoms with E-state index in [0.717, 1.165) is 11.1 Å². The van der Waals surface area contributed by atoms with E-state index in [9.17, 15) is 9.50 Å². The van der Waals surface area contributed by atoms with Gasteiger partial charge in [-0.2, -0.15) is 0 Å². The molecule has 0 fully saturated rings. The predicted octanol–water partition coefficient (Wildman–Crippen LogP) is 2.54. The minimum Gasteiger partial charge on any atom is -0.396 e. The Kier molecular flexibility index (Phi) is 3.83. The molecule has 1 unspecified atom stereocenters. The lowest BCUT2D eigenvalue weighted by molar-refractivity contribution is 0.264. The summed E-state index contributed by atoms with van der Waals surface area (Å²) in [6, 6.07) is 10.1. The average Bonchev–Trinajstić information content (AvgIpc) is 2.38. The highest BCUT2D eigenvalue weighted by Gasteiger charge is 2.11. The van der Waals surface area contributed by atoms with Crippen LogP contribution in [-0.2, 0) is 6.42 Å². The molecule has 1 N–H and O–H groups in total. The van der Waals surface area contributed by atoms with Gasteiger partial charge in [0.25, 0.3) is 0 Å². The molecule has 1 aromatic heterocycles. The lowest BCUT2D eigenvalue weighted by atomic mass is 9.93. The molecule has 0 spiro atoms. The van der Waals surface area contributed by atoms with Crippen molar-refractivity contribution < 1.29 is 9.50 Å². The number of aliphatic hydroxyl groups excluding tert-OH is 1. The van der Waals surface area contributed by atoms with Crippen LogP contribution in [0.3, 0.4) is 0 Å². The van der Waals surface area contributed by atoms with Gasteiger partial charge >= 0.3 is 0 Å². The fraction of sp³-hybridized carbons (Fsp3) is 0.214. The van der Waals surface area contributed by atoms with Crippen LogP contribution in [0.15, 0.2) is 48.8 Å². The first kappa shape index (κ1) is 11.7. The Morgan fingerprint density at radius 1 is 1.18 bits per heavy atom. The summed E-state index contributed by atoms with van der Waals surface area (Å²) < 4.78 is 12.8. The molecule has 0 saturated heterocycles. The van der Waals surface area contributed by atoms with Gasteiger partial charge in [0.2, 0.25) is 0 Å². The number of benzene rings is 1. The van der Waals surface area contributed by atoms with Crippen molar-refractivity contribution in [2.24, 2.45) is 0 Å². The van der Waals surface area contributed by atoms with Crippen LogP contribution in [0.5, 0.6) is 0 Å². The van der Waals surface area contributed by atoms with Gasteiger partial charge in [0.05, 0.1) is 6.61 Å². The molecule has 0 aliphatic carbocycles. The minimum atomic E-state index is -0.258. The molecule has 2 nitrogen and oxygen atoms in total. The molecule has 1 heterocycles. The number of halogens is 1. The van der Waals surface area contributed by atoms with Crippen molar-refractivity contribution in [1.29, 1.82) is 0 Å². The maximum atomic E-state index is 12.8. The van der Waals surface area contributed by atoms with Gasteiger partial charge < -0.3 is 5.11 Å². The molecule has 2 rings (SSSR count). The van der Waals surface area contributed by atoms with Crippen molar-refractivity contribution in [2.45, 2.75) is 12.3 Å². The topological polar surface area (TPSA) is 33.1 Å². The SMILES string of the molecule is OCC(Cc1cccnc1)c1ccc(F)cc1. The molecule has 0 aliphatic rings. The first-order chi connectivity index (χ1) is 8.29. The highest BCUT2D eigenvalue weighted by Crippen LogP contribution is 2.20. The van der Waals surface area contributed by atoms with E-state index < -0.39 is 0 Å². The predicted molar refractivity (Wildman–Crippen MR) is 64.2 cm³/mol. The Hall–Kier alpha value is -1.74. The molecule has 1 atom stereocenters. The quantitative estimate of drug-likeness (QED) is 0.877. The van der Waals surface area contributed by atoms with Crippen molar-refractivity contribution in [1.82, 2.24) is 4.98 Å². The van der Waals surface area contributed by atoms with Crippen molar-refractivity contribution in [2.75, 3.05) is 6.61 Å². The van der Waals surface area contributed by atoms with Crippen LogP contribution in [0, 0.1) is 5.82 Å². The third kappa shape index (κ3) is 3.11. The van der Waals surface area contributed by atoms with Crippen molar-refractivity contribution >= 4 is 0 Å². The average molecular weight is 231 g/mol. The van der Waals surface area contributed by atoms with E-state index in [1.165, 1.54) is 12.1 Å². The maximum Gasteiger partial charge on any atom is 0.123 e. The molecule has 1 aromatic carbocycles. The zero-order chi connectivity index (χ0) is 12.1. The van der Waals surface area contributed by atoms with Gasteiger partial charge in [-0.3, -0.25) is 4.98 Å². The summed E-state index contributed by atoms with van der Waals surface area (Å²) in [5, 5.41) is 9.40. The monoisotopic (exact) mass is 231 g/mol. The Morgan fingerprint density at radius 3 is 2.53 bits per heavy atom. The van der Waals surface area contributed by atoms with Crippen LogP contribution in [-0.4, -0.2) is 16.7 Å². The molecule has 0 aliphatic heterocycles. The molecule has 3 heteroatoms. The van der Waals surface area contributed by atoms with Crippen LogP contribution in [0.1, 0.15) is 17.0 Å². The van der Waals surface area contributed by atoms with E-state index in [1.54, 1.807) is 24.5 Å². The highest BCUT2D eigenvalue weighted by atomic mass is 19.1. The van der Waals surface area contributed by atoms with E-state index in [-0.39, 0.29) is 18.3 Å². The number of nitrogens with zero attached hydrogens (tertiary/aromatic N) is 1. The molecule has 17 heavy (non-hydrogen) atoms. The number of aromatic nitrogens is 1. The molecular weight excluding hydrogens is 217 g/mol. The molecule has 0 amide bonds. The molecule has 0 saturated carbocycles. The van der Waals surface area contributed by atoms with Crippen molar-refractivity contribution in [3.8, 4) is 0 Å². The second-order valence-corrected chi connectivity index (χ2v) is 4.00. The number of aliphatic hydroxyl groups is 1. The summed E-state index contributed by atoms with van der Waals surface area (Å²) >= 11 is 0. The second kappa shape index (κ2) is 5.55. The minimum absolute atomic E-state index is 0.0141. The van der Waals surface area contributed by atoms with Crippen molar-refractivity contribution in [3.05, 3.63) is 65.7 Å². The standard InChI is InChI=1S/C14H14FNO/c15-14-5-3-12(4-6-14)13(10-17)8-11-2-1-7-16-9-11/h1-7,9,13,17H,8,10H2. The Labute approximate surface area is 99.8 Å². The Bertz CT molecular complexity index is 455. The first-order valence-corrected chi connectivity index (χ1v) is 5.55. The normalized spacial score (nSPS) is 12.4. The zero-order valence-corrected chi connectivity index (χ0v) is 9.38. The number of hydrogen-bond acceptors (Lipinski definition) is 2. The van der Waals surface area contributed by atoms with E-state index >= 15 is 0 Å². The Balaban J connectivity index is 2.14. The van der Waals surface area contributed by atoms with E-state index in [2.05, 4.69) is 4.98 Å². The highest BCUT2D eigenvalue weighted by molar-refractivity contribution is 5.23. The summed E-state index contributed by atoms with van der Waals surface area (Å²) in [5.41, 5.74) is 2.01. The van der Waals surface area contributed by atoms with Gasteiger partial charge in [0.1, 0.15) is 5.82 Å². The zero-order valence-electron chi connectivity index (χ0n) is 9.38. The molecule has 0 bridgehead atoms. The molecule has 2 aromatic rings. The van der Waals surface area contributed by atoms with Crippen molar-refractivity contribution in [3.63, 3.8) is 0 Å². The largest absolute Gasteiger partial charge is 0.396 e. The van der Waals surface area contributed by atoms with Crippen LogP contribution < -0.4 is 0 Å². The fourth-order valence-electron chi connectivity index (χ4n) is 1.83. The summed E-state index contributed by atoms with van der Waals surface area (Å²) in [5.74, 6) is -0.272. The van der Waals surface area contributed by atoms with Gasteiger partial charge in [-0.15, -0.1) is 0 Å². The van der Waals surface area contributed by atoms with E-state index in [0.29, 0.717) is 6.42 Å². The molecular formula is C14H14FNO. The third-order valence-electron chi connectivity index (χ3n) is 2.77. The number of pyridine rings is 1. The third-order valence-corrected chi connectivity index (χ3v) is 2.77. The Morgan fingerprint density at radius 2 is 1.94 bits per heavy atom. The van der Waals surface area contributed by atoms with Gasteiger partial charge in [-0.25, -0.2) is 4.39 Å². The maximum absolute atomic E-state index is 12.8. The van der Waals surface area contributed by atoms with Gasteiger partial charge in [-0.1, -0.05) is 18.2 Å². The lowest BCUT2D eigenvalue weighted by Crippen LogP contribution is -2.08. The van der Waals surface area contributed by atoms with Crippen LogP contribution in [0.4, 0.5) is 4.39 Å². The van der Waals surface area contributed by atoms with Crippen LogP contribution >= 0.6 is 0 Å². The summed E-state index contributed by atoms with van der Waals surface area (Å²) in [4.78, 5) is 4.04. The van der Waals surface area contributed by atoms with Crippen LogP contribution in [0.25, 0.3) is 0 Å². The van der Waals surface area contributed by atoms with E-state index in [1.807, 2.05) is 12.1 Å². The lowest BCUT2D eigenvalue weighted by Gasteiger charge is -2.14. The van der Waals surface area contributed by atoms with E-state index in [4.69, 9.17) is 0 Å². The second-order valence-electron chi connectivity index (χ2n) is 4.00. The summed E-state index contributed by atoms with van der Waals surface area (Å²) in [7, 11) is 0. The summed E-state index contributed by atoms with van der Waals surface area (Å²) in [6.45, 7) is 0.0422. The first-order valence-electron chi connectivity index (χ1n) is 5.55. The molecule has 0 radical (unpaired) electrons. The smallest absolute Gasteiger partial charge is 0.123 e. The number of rotatable bonds is 4. The fourth-order valence-corrected chi connectivity index (χ4v) is 1.83. The van der Waals surface area contributed by atoms with Crippen LogP contribution in [0.2, 0.25) is 0 Å². The summed E-state index contributed by atoms with van der Waals surface area (Å²) in [6.07, 6.45) is 4.21. The number of hydrogen-bond donors (Lipinski definition) is 1. The van der Waals surface area contributed by atoms with Gasteiger partial charge in [0.15, 0.2) is 0 Å². The van der Waals surface area contributed by atoms with Gasteiger partial charge in [0, 0.05) is 18.3 Å². The van der Waals surface area contributed by atoms with Gasteiger partial charge in [-0.05, 0) is 35.7 Å².